The number of esters is 1. The number of aromatic nitrogens is 1. The third kappa shape index (κ3) is 3.56. The number of nitrogen functional groups attached to an aromatic ring is 1. The van der Waals surface area contributed by atoms with E-state index in [1.165, 1.54) is 0 Å². The summed E-state index contributed by atoms with van der Waals surface area (Å²) in [4.78, 5) is 26.1. The van der Waals surface area contributed by atoms with E-state index in [0.29, 0.717) is 17.9 Å². The van der Waals surface area contributed by atoms with Crippen LogP contribution in [-0.4, -0.2) is 40.5 Å². The molecule has 1 aromatic heterocycles. The number of hydrogen-bond acceptors (Lipinski definition) is 4. The molecule has 1 aliphatic rings. The van der Waals surface area contributed by atoms with Gasteiger partial charge in [0.2, 0.25) is 0 Å². The summed E-state index contributed by atoms with van der Waals surface area (Å²) in [5.74, 6) is -0.623. The van der Waals surface area contributed by atoms with Gasteiger partial charge in [-0.1, -0.05) is 6.92 Å². The van der Waals surface area contributed by atoms with Crippen LogP contribution in [0.15, 0.2) is 12.3 Å². The Balaban J connectivity index is 2.01. The number of hydrogen-bond donors (Lipinski definition) is 1. The molecule has 1 fully saturated rings. The van der Waals surface area contributed by atoms with E-state index < -0.39 is 12.1 Å². The molecule has 2 N–H and O–H groups in total. The first-order valence-corrected chi connectivity index (χ1v) is 7.48. The van der Waals surface area contributed by atoms with Gasteiger partial charge >= 0.3 is 5.97 Å². The standard InChI is InChI=1S/C15H23N3O3/c1-3-6-18-10-12(16)9-13(18)15(20)21-11(2)14(19)17-7-4-5-8-17/h9-11H,3-8,16H2,1-2H3. The van der Waals surface area contributed by atoms with Crippen molar-refractivity contribution in [1.29, 1.82) is 0 Å². The summed E-state index contributed by atoms with van der Waals surface area (Å²) in [5, 5.41) is 0. The smallest absolute Gasteiger partial charge is 0.355 e. The molecule has 0 aromatic carbocycles. The summed E-state index contributed by atoms with van der Waals surface area (Å²) in [6, 6.07) is 1.59. The van der Waals surface area contributed by atoms with Crippen molar-refractivity contribution in [2.45, 2.75) is 45.8 Å². The van der Waals surface area contributed by atoms with Gasteiger partial charge in [0.15, 0.2) is 6.10 Å². The molecule has 1 aliphatic heterocycles. The van der Waals surface area contributed by atoms with Crippen LogP contribution < -0.4 is 5.73 Å². The minimum absolute atomic E-state index is 0.123. The maximum absolute atomic E-state index is 12.2. The zero-order chi connectivity index (χ0) is 15.4. The van der Waals surface area contributed by atoms with E-state index in [2.05, 4.69) is 0 Å². The van der Waals surface area contributed by atoms with Crippen LogP contribution in [0.5, 0.6) is 0 Å². The van der Waals surface area contributed by atoms with Gasteiger partial charge in [-0.2, -0.15) is 0 Å². The SMILES string of the molecule is CCCn1cc(N)cc1C(=O)OC(C)C(=O)N1CCCC1. The van der Waals surface area contributed by atoms with Gasteiger partial charge in [0.05, 0.1) is 5.69 Å². The molecule has 0 radical (unpaired) electrons. The average molecular weight is 293 g/mol. The topological polar surface area (TPSA) is 77.6 Å². The number of carbonyl (C=O) groups is 2. The van der Waals surface area contributed by atoms with Crippen molar-refractivity contribution in [2.75, 3.05) is 18.8 Å². The Morgan fingerprint density at radius 3 is 2.67 bits per heavy atom. The van der Waals surface area contributed by atoms with Crippen molar-refractivity contribution >= 4 is 17.6 Å². The highest BCUT2D eigenvalue weighted by molar-refractivity contribution is 5.92. The molecule has 0 aliphatic carbocycles. The van der Waals surface area contributed by atoms with Crippen molar-refractivity contribution in [2.24, 2.45) is 0 Å². The zero-order valence-electron chi connectivity index (χ0n) is 12.7. The van der Waals surface area contributed by atoms with Crippen LogP contribution in [0, 0.1) is 0 Å². The Morgan fingerprint density at radius 1 is 1.38 bits per heavy atom. The van der Waals surface area contributed by atoms with E-state index in [1.54, 1.807) is 28.7 Å². The van der Waals surface area contributed by atoms with Crippen molar-refractivity contribution in [3.63, 3.8) is 0 Å². The van der Waals surface area contributed by atoms with Gasteiger partial charge in [-0.15, -0.1) is 0 Å². The lowest BCUT2D eigenvalue weighted by Gasteiger charge is -2.20. The lowest BCUT2D eigenvalue weighted by atomic mass is 10.3. The van der Waals surface area contributed by atoms with E-state index in [9.17, 15) is 9.59 Å². The lowest BCUT2D eigenvalue weighted by molar-refractivity contribution is -0.138. The van der Waals surface area contributed by atoms with Crippen LogP contribution in [0.25, 0.3) is 0 Å². The summed E-state index contributed by atoms with van der Waals surface area (Å²) in [7, 11) is 0. The Hall–Kier alpha value is -1.98. The van der Waals surface area contributed by atoms with Crippen molar-refractivity contribution < 1.29 is 14.3 Å². The first-order chi connectivity index (χ1) is 10.0. The Bertz CT molecular complexity index is 518. The van der Waals surface area contributed by atoms with Crippen LogP contribution in [0.1, 0.15) is 43.6 Å². The molecule has 1 atom stereocenters. The fourth-order valence-electron chi connectivity index (χ4n) is 2.60. The van der Waals surface area contributed by atoms with E-state index >= 15 is 0 Å². The third-order valence-electron chi connectivity index (χ3n) is 3.64. The van der Waals surface area contributed by atoms with Gasteiger partial charge in [0.1, 0.15) is 5.69 Å². The fourth-order valence-corrected chi connectivity index (χ4v) is 2.60. The predicted molar refractivity (Wildman–Crippen MR) is 79.8 cm³/mol. The van der Waals surface area contributed by atoms with E-state index in [4.69, 9.17) is 10.5 Å². The second-order valence-corrected chi connectivity index (χ2v) is 5.43. The lowest BCUT2D eigenvalue weighted by Crippen LogP contribution is -2.38. The van der Waals surface area contributed by atoms with Crippen LogP contribution in [0.4, 0.5) is 5.69 Å². The molecule has 0 spiro atoms. The molecule has 2 heterocycles. The number of carbonyl (C=O) groups excluding carboxylic acids is 2. The largest absolute Gasteiger partial charge is 0.448 e. The predicted octanol–water partition coefficient (Wildman–Crippen LogP) is 1.65. The van der Waals surface area contributed by atoms with Crippen molar-refractivity contribution in [3.05, 3.63) is 18.0 Å². The van der Waals surface area contributed by atoms with Gasteiger partial charge in [-0.25, -0.2) is 4.79 Å². The Labute approximate surface area is 124 Å². The Morgan fingerprint density at radius 2 is 2.05 bits per heavy atom. The number of nitrogens with zero attached hydrogens (tertiary/aromatic N) is 2. The minimum Gasteiger partial charge on any atom is -0.448 e. The van der Waals surface area contributed by atoms with Crippen molar-refractivity contribution in [1.82, 2.24) is 9.47 Å². The van der Waals surface area contributed by atoms with Gasteiger partial charge in [-0.05, 0) is 32.3 Å². The van der Waals surface area contributed by atoms with E-state index in [-0.39, 0.29) is 5.91 Å². The molecule has 6 heteroatoms. The maximum Gasteiger partial charge on any atom is 0.355 e. The number of likely N-dealkylation sites (tertiary alicyclic amines) is 1. The summed E-state index contributed by atoms with van der Waals surface area (Å²) >= 11 is 0. The molecule has 1 unspecified atom stereocenters. The van der Waals surface area contributed by atoms with Gasteiger partial charge in [0.25, 0.3) is 5.91 Å². The minimum atomic E-state index is -0.762. The van der Waals surface area contributed by atoms with Crippen LogP contribution in [-0.2, 0) is 16.1 Å². The van der Waals surface area contributed by atoms with Crippen LogP contribution >= 0.6 is 0 Å². The highest BCUT2D eigenvalue weighted by Crippen LogP contribution is 2.15. The third-order valence-corrected chi connectivity index (χ3v) is 3.64. The quantitative estimate of drug-likeness (QED) is 0.837. The summed E-state index contributed by atoms with van der Waals surface area (Å²) in [6.45, 7) is 5.83. The molecular formula is C15H23N3O3. The molecule has 1 aromatic rings. The summed E-state index contributed by atoms with van der Waals surface area (Å²) in [5.41, 5.74) is 6.65. The Kier molecular flexibility index (Phi) is 4.88. The number of rotatable bonds is 5. The molecule has 6 nitrogen and oxygen atoms in total. The number of aryl methyl sites for hydroxylation is 1. The summed E-state index contributed by atoms with van der Waals surface area (Å²) < 4.78 is 7.07. The molecule has 0 bridgehead atoms. The number of amides is 1. The highest BCUT2D eigenvalue weighted by atomic mass is 16.5. The molecule has 2 rings (SSSR count). The number of ether oxygens (including phenoxy) is 1. The monoisotopic (exact) mass is 293 g/mol. The van der Waals surface area contributed by atoms with E-state index in [1.807, 2.05) is 6.92 Å². The number of nitrogens with two attached hydrogens (primary N) is 1. The van der Waals surface area contributed by atoms with Crippen LogP contribution in [0.2, 0.25) is 0 Å². The van der Waals surface area contributed by atoms with E-state index in [0.717, 1.165) is 32.4 Å². The molecule has 21 heavy (non-hydrogen) atoms. The number of anilines is 1. The normalized spacial score (nSPS) is 16.0. The molecule has 1 saturated heterocycles. The molecule has 0 saturated carbocycles. The summed E-state index contributed by atoms with van der Waals surface area (Å²) in [6.07, 6.45) is 3.87. The van der Waals surface area contributed by atoms with Crippen LogP contribution in [0.3, 0.4) is 0 Å². The second-order valence-electron chi connectivity index (χ2n) is 5.43. The molecular weight excluding hydrogens is 270 g/mol. The molecule has 1 amide bonds. The van der Waals surface area contributed by atoms with Gasteiger partial charge in [-0.3, -0.25) is 4.79 Å². The zero-order valence-corrected chi connectivity index (χ0v) is 12.7. The first-order valence-electron chi connectivity index (χ1n) is 7.48. The maximum atomic E-state index is 12.2. The fraction of sp³-hybridized carbons (Fsp3) is 0.600. The first kappa shape index (κ1) is 15.4. The van der Waals surface area contributed by atoms with Gasteiger partial charge in [0, 0.05) is 25.8 Å². The average Bonchev–Trinajstić information content (AvgIpc) is 3.08. The van der Waals surface area contributed by atoms with Crippen molar-refractivity contribution in [3.8, 4) is 0 Å². The van der Waals surface area contributed by atoms with Gasteiger partial charge < -0.3 is 19.9 Å². The highest BCUT2D eigenvalue weighted by Gasteiger charge is 2.27. The molecule has 116 valence electrons. The second kappa shape index (κ2) is 6.65.